The molecule has 0 unspecified atom stereocenters. The Labute approximate surface area is 167 Å². The zero-order valence-corrected chi connectivity index (χ0v) is 15.9. The Kier molecular flexibility index (Phi) is 6.37. The van der Waals surface area contributed by atoms with Gasteiger partial charge in [-0.2, -0.15) is 5.26 Å². The highest BCUT2D eigenvalue weighted by Crippen LogP contribution is 2.30. The van der Waals surface area contributed by atoms with Gasteiger partial charge in [0.05, 0.1) is 30.5 Å². The highest BCUT2D eigenvalue weighted by Gasteiger charge is 2.33. The van der Waals surface area contributed by atoms with E-state index in [4.69, 9.17) is 21.6 Å². The molecule has 1 aromatic carbocycles. The lowest BCUT2D eigenvalue weighted by Gasteiger charge is -2.30. The molecule has 3 rings (SSSR count). The Balaban J connectivity index is 1.64. The van der Waals surface area contributed by atoms with E-state index in [0.29, 0.717) is 24.5 Å². The summed E-state index contributed by atoms with van der Waals surface area (Å²) in [6, 6.07) is 6.68. The van der Waals surface area contributed by atoms with E-state index in [9.17, 15) is 14.0 Å². The molecule has 2 aliphatic heterocycles. The first-order chi connectivity index (χ1) is 13.5. The van der Waals surface area contributed by atoms with Gasteiger partial charge in [-0.15, -0.1) is 11.6 Å². The van der Waals surface area contributed by atoms with Gasteiger partial charge in [0.2, 0.25) is 5.91 Å². The van der Waals surface area contributed by atoms with E-state index in [1.165, 1.54) is 11.0 Å². The van der Waals surface area contributed by atoms with Crippen LogP contribution >= 0.6 is 11.6 Å². The van der Waals surface area contributed by atoms with Crippen molar-refractivity contribution < 1.29 is 18.7 Å². The second kappa shape index (κ2) is 8.93. The van der Waals surface area contributed by atoms with Crippen molar-refractivity contribution in [2.75, 3.05) is 41.9 Å². The van der Waals surface area contributed by atoms with E-state index in [1.54, 1.807) is 18.2 Å². The molecule has 2 heterocycles. The fourth-order valence-electron chi connectivity index (χ4n) is 3.30. The summed E-state index contributed by atoms with van der Waals surface area (Å²) in [5.74, 6) is -0.931. The second-order valence-electron chi connectivity index (χ2n) is 6.61. The first kappa shape index (κ1) is 20.0. The number of allylic oxidation sites excluding steroid dienone is 1. The molecule has 9 heteroatoms. The molecule has 1 aromatic rings. The number of hydrogen-bond donors (Lipinski definition) is 1. The molecule has 0 spiro atoms. The average molecular weight is 407 g/mol. The average Bonchev–Trinajstić information content (AvgIpc) is 3.07. The van der Waals surface area contributed by atoms with Crippen LogP contribution in [0.4, 0.5) is 20.6 Å². The van der Waals surface area contributed by atoms with Crippen LogP contribution in [0.5, 0.6) is 0 Å². The molecule has 2 fully saturated rings. The lowest BCUT2D eigenvalue weighted by Crippen LogP contribution is -2.35. The first-order valence-corrected chi connectivity index (χ1v) is 9.48. The number of hydrogen-bond acceptors (Lipinski definition) is 5. The van der Waals surface area contributed by atoms with E-state index in [-0.39, 0.29) is 24.9 Å². The Morgan fingerprint density at radius 2 is 2.18 bits per heavy atom. The quantitative estimate of drug-likeness (QED) is 0.600. The minimum absolute atomic E-state index is 0.153. The standard InChI is InChI=1S/C19H20ClFN4O3/c20-10-18(26)23-11-15-12-25(19(27)28-15)14-1-2-17(16(21)9-14)24-7-4-13(3-6-22)5-8-24/h1-3,9,15H,4-5,7-8,10-12H2,(H,23,26)/t15-/m0/s1. The summed E-state index contributed by atoms with van der Waals surface area (Å²) in [6.45, 7) is 1.64. The number of carbonyl (C=O) groups excluding carboxylic acids is 2. The van der Waals surface area contributed by atoms with Gasteiger partial charge in [-0.05, 0) is 31.0 Å². The van der Waals surface area contributed by atoms with Crippen molar-refractivity contribution in [1.82, 2.24) is 5.32 Å². The van der Waals surface area contributed by atoms with Gasteiger partial charge in [0.1, 0.15) is 17.8 Å². The Morgan fingerprint density at radius 3 is 2.82 bits per heavy atom. The van der Waals surface area contributed by atoms with Crippen LogP contribution in [0.25, 0.3) is 0 Å². The number of ether oxygens (including phenoxy) is 1. The number of piperidine rings is 1. The van der Waals surface area contributed by atoms with Crippen LogP contribution in [0.3, 0.4) is 0 Å². The number of carbonyl (C=O) groups is 2. The molecule has 1 atom stereocenters. The van der Waals surface area contributed by atoms with E-state index in [1.807, 2.05) is 11.0 Å². The number of benzene rings is 1. The Bertz CT molecular complexity index is 829. The number of rotatable bonds is 5. The van der Waals surface area contributed by atoms with Gasteiger partial charge < -0.3 is 15.0 Å². The van der Waals surface area contributed by atoms with Crippen LogP contribution in [0.2, 0.25) is 0 Å². The number of halogens is 2. The van der Waals surface area contributed by atoms with Gasteiger partial charge in [-0.25, -0.2) is 9.18 Å². The van der Waals surface area contributed by atoms with Crippen LogP contribution in [-0.4, -0.2) is 50.2 Å². The zero-order valence-electron chi connectivity index (χ0n) is 15.2. The maximum absolute atomic E-state index is 14.7. The van der Waals surface area contributed by atoms with Crippen LogP contribution < -0.4 is 15.1 Å². The molecule has 0 bridgehead atoms. The van der Waals surface area contributed by atoms with Crippen molar-refractivity contribution in [1.29, 1.82) is 5.26 Å². The number of alkyl halides is 1. The molecule has 0 saturated carbocycles. The third kappa shape index (κ3) is 4.54. The fraction of sp³-hybridized carbons (Fsp3) is 0.421. The van der Waals surface area contributed by atoms with E-state index >= 15 is 0 Å². The molecule has 2 aliphatic rings. The summed E-state index contributed by atoms with van der Waals surface area (Å²) < 4.78 is 19.9. The number of nitriles is 1. The molecule has 1 N–H and O–H groups in total. The van der Waals surface area contributed by atoms with Crippen molar-refractivity contribution in [3.8, 4) is 6.07 Å². The van der Waals surface area contributed by atoms with Crippen molar-refractivity contribution in [3.63, 3.8) is 0 Å². The van der Waals surface area contributed by atoms with E-state index in [2.05, 4.69) is 5.32 Å². The lowest BCUT2D eigenvalue weighted by molar-refractivity contribution is -0.119. The number of nitrogens with zero attached hydrogens (tertiary/aromatic N) is 3. The maximum atomic E-state index is 14.7. The highest BCUT2D eigenvalue weighted by atomic mass is 35.5. The van der Waals surface area contributed by atoms with Gasteiger partial charge in [0, 0.05) is 19.2 Å². The van der Waals surface area contributed by atoms with Crippen molar-refractivity contribution in [2.24, 2.45) is 0 Å². The number of anilines is 2. The predicted octanol–water partition coefficient (Wildman–Crippen LogP) is 2.56. The summed E-state index contributed by atoms with van der Waals surface area (Å²) in [5.41, 5.74) is 1.95. The number of cyclic esters (lactones) is 1. The van der Waals surface area contributed by atoms with Crippen LogP contribution in [0.1, 0.15) is 12.8 Å². The molecule has 0 aliphatic carbocycles. The summed E-state index contributed by atoms with van der Waals surface area (Å²) in [4.78, 5) is 26.6. The summed E-state index contributed by atoms with van der Waals surface area (Å²) in [5, 5.41) is 11.3. The fourth-order valence-corrected chi connectivity index (χ4v) is 3.40. The van der Waals surface area contributed by atoms with Gasteiger partial charge in [-0.3, -0.25) is 9.69 Å². The molecular weight excluding hydrogens is 387 g/mol. The molecule has 148 valence electrons. The first-order valence-electron chi connectivity index (χ1n) is 8.94. The minimum atomic E-state index is -0.582. The molecule has 2 amide bonds. The van der Waals surface area contributed by atoms with E-state index in [0.717, 1.165) is 18.4 Å². The van der Waals surface area contributed by atoms with Crippen molar-refractivity contribution in [3.05, 3.63) is 35.7 Å². The largest absolute Gasteiger partial charge is 0.442 e. The highest BCUT2D eigenvalue weighted by molar-refractivity contribution is 6.27. The van der Waals surface area contributed by atoms with Crippen LogP contribution in [0.15, 0.2) is 29.8 Å². The zero-order chi connectivity index (χ0) is 20.1. The summed E-state index contributed by atoms with van der Waals surface area (Å²) >= 11 is 5.42. The third-order valence-corrected chi connectivity index (χ3v) is 5.02. The molecule has 2 saturated heterocycles. The van der Waals surface area contributed by atoms with Gasteiger partial charge in [-0.1, -0.05) is 5.57 Å². The Morgan fingerprint density at radius 1 is 1.43 bits per heavy atom. The van der Waals surface area contributed by atoms with Crippen LogP contribution in [-0.2, 0) is 9.53 Å². The molecule has 0 aromatic heterocycles. The van der Waals surface area contributed by atoms with Crippen LogP contribution in [0, 0.1) is 17.1 Å². The Hall–Kier alpha value is -2.79. The van der Waals surface area contributed by atoms with Gasteiger partial charge >= 0.3 is 6.09 Å². The molecular formula is C19H20ClFN4O3. The molecule has 7 nitrogen and oxygen atoms in total. The smallest absolute Gasteiger partial charge is 0.414 e. The number of amides is 2. The molecule has 0 radical (unpaired) electrons. The lowest BCUT2D eigenvalue weighted by atomic mass is 10.0. The predicted molar refractivity (Wildman–Crippen MR) is 103 cm³/mol. The second-order valence-corrected chi connectivity index (χ2v) is 6.88. The summed E-state index contributed by atoms with van der Waals surface area (Å²) in [7, 11) is 0. The normalized spacial score (nSPS) is 19.2. The van der Waals surface area contributed by atoms with Gasteiger partial charge in [0.25, 0.3) is 0 Å². The third-order valence-electron chi connectivity index (χ3n) is 4.78. The SMILES string of the molecule is N#CC=C1CCN(c2ccc(N3C[C@H](CNC(=O)CCl)OC3=O)cc2F)CC1. The van der Waals surface area contributed by atoms with Crippen molar-refractivity contribution >= 4 is 35.0 Å². The monoisotopic (exact) mass is 406 g/mol. The number of nitrogens with one attached hydrogen (secondary N) is 1. The minimum Gasteiger partial charge on any atom is -0.442 e. The molecule has 28 heavy (non-hydrogen) atoms. The summed E-state index contributed by atoms with van der Waals surface area (Å²) in [6.07, 6.45) is 1.91. The van der Waals surface area contributed by atoms with Crippen molar-refractivity contribution in [2.45, 2.75) is 18.9 Å². The maximum Gasteiger partial charge on any atom is 0.414 e. The topological polar surface area (TPSA) is 85.7 Å². The van der Waals surface area contributed by atoms with E-state index < -0.39 is 18.0 Å². The van der Waals surface area contributed by atoms with Gasteiger partial charge in [0.15, 0.2) is 0 Å².